The number of likely N-dealkylation sites (tertiary alicyclic amines) is 1. The minimum absolute atomic E-state index is 0.0386. The summed E-state index contributed by atoms with van der Waals surface area (Å²) in [5.74, 6) is -1.80. The van der Waals surface area contributed by atoms with Gasteiger partial charge in [0.25, 0.3) is 0 Å². The highest BCUT2D eigenvalue weighted by Crippen LogP contribution is 2.45. The maximum absolute atomic E-state index is 14.1. The molecule has 0 amide bonds. The van der Waals surface area contributed by atoms with Crippen LogP contribution in [0.4, 0.5) is 18.9 Å². The third kappa shape index (κ3) is 4.42. The molecule has 1 spiro atoms. The molecule has 2 aliphatic heterocycles. The van der Waals surface area contributed by atoms with Crippen LogP contribution in [0.3, 0.4) is 0 Å². The van der Waals surface area contributed by atoms with Gasteiger partial charge in [-0.25, -0.2) is 0 Å². The molecule has 3 fully saturated rings. The fourth-order valence-corrected chi connectivity index (χ4v) is 6.65. The molecule has 0 unspecified atom stereocenters. The molecule has 2 aromatic rings. The second-order valence-electron chi connectivity index (χ2n) is 10.4. The van der Waals surface area contributed by atoms with Crippen LogP contribution in [0.15, 0.2) is 30.5 Å². The van der Waals surface area contributed by atoms with Gasteiger partial charge in [0.05, 0.1) is 17.0 Å². The molecule has 2 atom stereocenters. The Morgan fingerprint density at radius 1 is 1.06 bits per heavy atom. The number of nitriles is 1. The molecule has 4 nitrogen and oxygen atoms in total. The predicted molar refractivity (Wildman–Crippen MR) is 123 cm³/mol. The lowest BCUT2D eigenvalue weighted by Gasteiger charge is -2.46. The number of benzene rings is 1. The van der Waals surface area contributed by atoms with Crippen molar-refractivity contribution < 1.29 is 13.2 Å². The van der Waals surface area contributed by atoms with E-state index >= 15 is 0 Å². The Balaban J connectivity index is 1.39. The van der Waals surface area contributed by atoms with Crippen LogP contribution >= 0.6 is 0 Å². The Kier molecular flexibility index (Phi) is 5.98. The Morgan fingerprint density at radius 2 is 1.85 bits per heavy atom. The first-order chi connectivity index (χ1) is 15.9. The van der Waals surface area contributed by atoms with E-state index in [1.165, 1.54) is 38.5 Å². The number of aromatic nitrogens is 1. The minimum Gasteiger partial charge on any atom is -0.370 e. The van der Waals surface area contributed by atoms with Gasteiger partial charge in [-0.05, 0) is 61.9 Å². The molecule has 1 aromatic heterocycles. The first-order valence-corrected chi connectivity index (χ1v) is 12.2. The second kappa shape index (κ2) is 8.79. The summed E-state index contributed by atoms with van der Waals surface area (Å²) in [6.45, 7) is 2.71. The SMILES string of the molecule is N#Cc1ccc(N2C[C@H](CN3CCCC4(CCCCC4)C3)[C@@H](C(F)(F)F)C2)c2cccnc12. The molecule has 0 bridgehead atoms. The first kappa shape index (κ1) is 22.5. The van der Waals surface area contributed by atoms with Crippen LogP contribution in [0.25, 0.3) is 10.9 Å². The highest BCUT2D eigenvalue weighted by atomic mass is 19.4. The Morgan fingerprint density at radius 3 is 2.61 bits per heavy atom. The standard InChI is InChI=1S/C26H31F3N4/c27-26(28,29)22-17-33(23-8-7-19(14-30)24-21(23)6-4-12-31-24)16-20(22)15-32-13-5-11-25(18-32)9-2-1-3-10-25/h4,6-8,12,20,22H,1-3,5,9-11,13,15-18H2/t20-,22-/m0/s1. The number of rotatable bonds is 3. The van der Waals surface area contributed by atoms with Crippen molar-refractivity contribution >= 4 is 16.6 Å². The fourth-order valence-electron chi connectivity index (χ4n) is 6.65. The molecule has 1 saturated carbocycles. The van der Waals surface area contributed by atoms with Gasteiger partial charge in [0, 0.05) is 49.4 Å². The molecule has 176 valence electrons. The molecule has 7 heteroatoms. The number of fused-ring (bicyclic) bond motifs is 1. The number of alkyl halides is 3. The highest BCUT2D eigenvalue weighted by Gasteiger charge is 2.50. The smallest absolute Gasteiger partial charge is 0.370 e. The lowest BCUT2D eigenvalue weighted by atomic mass is 9.69. The summed E-state index contributed by atoms with van der Waals surface area (Å²) in [5.41, 5.74) is 2.08. The van der Waals surface area contributed by atoms with Crippen molar-refractivity contribution in [2.75, 3.05) is 37.6 Å². The molecule has 1 aromatic carbocycles. The largest absolute Gasteiger partial charge is 0.393 e. The number of anilines is 1. The van der Waals surface area contributed by atoms with Crippen LogP contribution in [-0.2, 0) is 0 Å². The Labute approximate surface area is 193 Å². The van der Waals surface area contributed by atoms with Crippen molar-refractivity contribution in [3.63, 3.8) is 0 Å². The number of pyridine rings is 1. The molecule has 1 aliphatic carbocycles. The summed E-state index contributed by atoms with van der Waals surface area (Å²) in [7, 11) is 0. The van der Waals surface area contributed by atoms with Crippen molar-refractivity contribution in [1.29, 1.82) is 5.26 Å². The topological polar surface area (TPSA) is 43.2 Å². The van der Waals surface area contributed by atoms with E-state index in [0.717, 1.165) is 30.6 Å². The van der Waals surface area contributed by atoms with Crippen LogP contribution < -0.4 is 4.90 Å². The summed E-state index contributed by atoms with van der Waals surface area (Å²) in [6, 6.07) is 9.24. The number of hydrogen-bond donors (Lipinski definition) is 0. The van der Waals surface area contributed by atoms with Gasteiger partial charge in [-0.2, -0.15) is 18.4 Å². The zero-order valence-electron chi connectivity index (χ0n) is 18.9. The molecule has 0 N–H and O–H groups in total. The van der Waals surface area contributed by atoms with Crippen molar-refractivity contribution in [2.24, 2.45) is 17.3 Å². The van der Waals surface area contributed by atoms with E-state index < -0.39 is 18.0 Å². The molecular weight excluding hydrogens is 425 g/mol. The molecule has 3 aliphatic rings. The van der Waals surface area contributed by atoms with Gasteiger partial charge in [0.15, 0.2) is 0 Å². The van der Waals surface area contributed by atoms with Crippen molar-refractivity contribution in [1.82, 2.24) is 9.88 Å². The van der Waals surface area contributed by atoms with Gasteiger partial charge in [-0.15, -0.1) is 0 Å². The van der Waals surface area contributed by atoms with Crippen molar-refractivity contribution in [3.8, 4) is 6.07 Å². The molecule has 5 rings (SSSR count). The fraction of sp³-hybridized carbons (Fsp3) is 0.615. The van der Waals surface area contributed by atoms with Crippen LogP contribution in [0.1, 0.15) is 50.5 Å². The van der Waals surface area contributed by atoms with Crippen LogP contribution in [-0.4, -0.2) is 48.8 Å². The molecule has 0 radical (unpaired) electrons. The van der Waals surface area contributed by atoms with Crippen LogP contribution in [0, 0.1) is 28.6 Å². The average molecular weight is 457 g/mol. The third-order valence-corrected chi connectivity index (χ3v) is 8.22. The monoisotopic (exact) mass is 456 g/mol. The quantitative estimate of drug-likeness (QED) is 0.588. The second-order valence-corrected chi connectivity index (χ2v) is 10.4. The average Bonchev–Trinajstić information content (AvgIpc) is 3.23. The van der Waals surface area contributed by atoms with Gasteiger partial charge in [-0.1, -0.05) is 19.3 Å². The van der Waals surface area contributed by atoms with Gasteiger partial charge in [0.1, 0.15) is 6.07 Å². The third-order valence-electron chi connectivity index (χ3n) is 8.22. The summed E-state index contributed by atoms with van der Waals surface area (Å²) in [5, 5.41) is 10.2. The van der Waals surface area contributed by atoms with E-state index in [0.29, 0.717) is 29.6 Å². The zero-order chi connectivity index (χ0) is 23.1. The van der Waals surface area contributed by atoms with E-state index in [1.54, 1.807) is 24.4 Å². The first-order valence-electron chi connectivity index (χ1n) is 12.2. The van der Waals surface area contributed by atoms with E-state index in [4.69, 9.17) is 0 Å². The summed E-state index contributed by atoms with van der Waals surface area (Å²) >= 11 is 0. The molecule has 3 heterocycles. The maximum Gasteiger partial charge on any atom is 0.393 e. The Bertz CT molecular complexity index is 1030. The molecular formula is C26H31F3N4. The van der Waals surface area contributed by atoms with E-state index in [9.17, 15) is 18.4 Å². The summed E-state index contributed by atoms with van der Waals surface area (Å²) in [4.78, 5) is 8.54. The number of nitrogens with zero attached hydrogens (tertiary/aromatic N) is 4. The van der Waals surface area contributed by atoms with Gasteiger partial charge < -0.3 is 9.80 Å². The van der Waals surface area contributed by atoms with Gasteiger partial charge in [0.2, 0.25) is 0 Å². The Hall–Kier alpha value is -2.33. The number of hydrogen-bond acceptors (Lipinski definition) is 4. The van der Waals surface area contributed by atoms with Crippen LogP contribution in [0.5, 0.6) is 0 Å². The lowest BCUT2D eigenvalue weighted by Crippen LogP contribution is -2.47. The predicted octanol–water partition coefficient (Wildman–Crippen LogP) is 5.77. The molecule has 2 saturated heterocycles. The summed E-state index contributed by atoms with van der Waals surface area (Å²) < 4.78 is 42.4. The highest BCUT2D eigenvalue weighted by molar-refractivity contribution is 5.95. The van der Waals surface area contributed by atoms with E-state index in [-0.39, 0.29) is 6.54 Å². The zero-order valence-corrected chi connectivity index (χ0v) is 18.9. The minimum atomic E-state index is -4.22. The number of halogens is 3. The van der Waals surface area contributed by atoms with Crippen LogP contribution in [0.2, 0.25) is 0 Å². The van der Waals surface area contributed by atoms with Crippen molar-refractivity contribution in [2.45, 2.75) is 51.1 Å². The summed E-state index contributed by atoms with van der Waals surface area (Å²) in [6.07, 6.45) is 6.00. The number of piperidine rings is 1. The van der Waals surface area contributed by atoms with Gasteiger partial charge in [-0.3, -0.25) is 4.98 Å². The normalized spacial score (nSPS) is 26.1. The van der Waals surface area contributed by atoms with Gasteiger partial charge >= 0.3 is 6.18 Å². The molecule has 33 heavy (non-hydrogen) atoms. The van der Waals surface area contributed by atoms with E-state index in [2.05, 4.69) is 16.0 Å². The van der Waals surface area contributed by atoms with E-state index in [1.807, 2.05) is 11.0 Å². The lowest BCUT2D eigenvalue weighted by molar-refractivity contribution is -0.180. The van der Waals surface area contributed by atoms with Crippen molar-refractivity contribution in [3.05, 3.63) is 36.0 Å². The maximum atomic E-state index is 14.1.